The molecule has 3 heterocycles. The van der Waals surface area contributed by atoms with E-state index in [1.807, 2.05) is 0 Å². The van der Waals surface area contributed by atoms with Gasteiger partial charge in [0, 0.05) is 31.7 Å². The fraction of sp³-hybridized carbons (Fsp3) is 0.650. The predicted molar refractivity (Wildman–Crippen MR) is 117 cm³/mol. The third kappa shape index (κ3) is 5.69. The standard InChI is InChI=1S/C20H25ClF3N5O6/c1-19(2,3)35-18(32)27-6-7-28(11(8-27)10-30)14-12-4-5-26(17(31)20(22,23)24)9-13(12)25-16(21)15(14)29(33)34/h11,30H,4-10H2,1-3H3. The second kappa shape index (κ2) is 9.64. The van der Waals surface area contributed by atoms with Crippen molar-refractivity contribution in [3.05, 3.63) is 26.5 Å². The highest BCUT2D eigenvalue weighted by atomic mass is 35.5. The van der Waals surface area contributed by atoms with Crippen LogP contribution in [0.2, 0.25) is 5.15 Å². The molecule has 2 amide bonds. The number of nitrogens with zero attached hydrogens (tertiary/aromatic N) is 5. The van der Waals surface area contributed by atoms with Crippen LogP contribution in [0.4, 0.5) is 29.3 Å². The number of rotatable bonds is 3. The number of aliphatic hydroxyl groups excluding tert-OH is 1. The largest absolute Gasteiger partial charge is 0.471 e. The van der Waals surface area contributed by atoms with Gasteiger partial charge in [-0.2, -0.15) is 13.2 Å². The molecule has 1 N–H and O–H groups in total. The van der Waals surface area contributed by atoms with E-state index in [1.165, 1.54) is 9.80 Å². The van der Waals surface area contributed by atoms with Gasteiger partial charge in [0.15, 0.2) is 0 Å². The average molecular weight is 524 g/mol. The summed E-state index contributed by atoms with van der Waals surface area (Å²) in [6.07, 6.45) is -5.83. The van der Waals surface area contributed by atoms with Crippen molar-refractivity contribution >= 4 is 35.0 Å². The van der Waals surface area contributed by atoms with Gasteiger partial charge in [-0.1, -0.05) is 11.6 Å². The number of aliphatic hydroxyl groups is 1. The molecule has 3 rings (SSSR count). The van der Waals surface area contributed by atoms with Gasteiger partial charge in [0.1, 0.15) is 11.3 Å². The van der Waals surface area contributed by atoms with Crippen LogP contribution in [-0.2, 0) is 22.5 Å². The van der Waals surface area contributed by atoms with Crippen LogP contribution in [-0.4, -0.2) is 87.4 Å². The van der Waals surface area contributed by atoms with Crippen LogP contribution in [0.5, 0.6) is 0 Å². The quantitative estimate of drug-likeness (QED) is 0.363. The second-order valence-electron chi connectivity index (χ2n) is 9.21. The van der Waals surface area contributed by atoms with Crippen LogP contribution in [0.1, 0.15) is 32.0 Å². The first-order valence-electron chi connectivity index (χ1n) is 10.7. The fourth-order valence-corrected chi connectivity index (χ4v) is 4.40. The topological polar surface area (TPSA) is 129 Å². The van der Waals surface area contributed by atoms with Crippen molar-refractivity contribution in [2.45, 2.75) is 51.6 Å². The van der Waals surface area contributed by atoms with E-state index >= 15 is 0 Å². The number of nitro groups is 1. The molecule has 1 saturated heterocycles. The van der Waals surface area contributed by atoms with Crippen LogP contribution in [0, 0.1) is 10.1 Å². The summed E-state index contributed by atoms with van der Waals surface area (Å²) in [5.74, 6) is -2.04. The number of piperazine rings is 1. The van der Waals surface area contributed by atoms with E-state index in [0.717, 1.165) is 0 Å². The van der Waals surface area contributed by atoms with Crippen molar-refractivity contribution in [1.82, 2.24) is 14.8 Å². The van der Waals surface area contributed by atoms with Crippen LogP contribution < -0.4 is 4.90 Å². The van der Waals surface area contributed by atoms with Crippen molar-refractivity contribution < 1.29 is 37.5 Å². The number of carbonyl (C=O) groups excluding carboxylic acids is 2. The van der Waals surface area contributed by atoms with E-state index in [9.17, 15) is 38.0 Å². The normalized spacial score (nSPS) is 18.9. The smallest absolute Gasteiger partial charge is 0.444 e. The maximum Gasteiger partial charge on any atom is 0.471 e. The molecule has 1 aromatic heterocycles. The van der Waals surface area contributed by atoms with Gasteiger partial charge in [-0.25, -0.2) is 9.78 Å². The number of ether oxygens (including phenoxy) is 1. The fourth-order valence-electron chi connectivity index (χ4n) is 4.14. The molecule has 1 unspecified atom stereocenters. The van der Waals surface area contributed by atoms with Gasteiger partial charge in [0.05, 0.1) is 29.8 Å². The molecule has 35 heavy (non-hydrogen) atoms. The van der Waals surface area contributed by atoms with Crippen molar-refractivity contribution in [3.8, 4) is 0 Å². The van der Waals surface area contributed by atoms with Crippen molar-refractivity contribution in [2.75, 3.05) is 37.7 Å². The first-order valence-corrected chi connectivity index (χ1v) is 11.1. The summed E-state index contributed by atoms with van der Waals surface area (Å²) in [4.78, 5) is 42.7. The number of carbonyl (C=O) groups is 2. The van der Waals surface area contributed by atoms with Crippen molar-refractivity contribution in [2.24, 2.45) is 0 Å². The molecule has 2 aliphatic rings. The lowest BCUT2D eigenvalue weighted by Gasteiger charge is -2.43. The summed E-state index contributed by atoms with van der Waals surface area (Å²) in [5, 5.41) is 21.4. The Morgan fingerprint density at radius 3 is 2.43 bits per heavy atom. The van der Waals surface area contributed by atoms with Gasteiger partial charge in [0.2, 0.25) is 5.15 Å². The van der Waals surface area contributed by atoms with Gasteiger partial charge < -0.3 is 24.5 Å². The molecule has 0 radical (unpaired) electrons. The molecule has 11 nitrogen and oxygen atoms in total. The third-order valence-electron chi connectivity index (χ3n) is 5.60. The third-order valence-corrected chi connectivity index (χ3v) is 5.87. The van der Waals surface area contributed by atoms with Crippen molar-refractivity contribution in [3.63, 3.8) is 0 Å². The second-order valence-corrected chi connectivity index (χ2v) is 9.57. The zero-order valence-electron chi connectivity index (χ0n) is 19.3. The molecule has 1 fully saturated rings. The predicted octanol–water partition coefficient (Wildman–Crippen LogP) is 2.51. The molecule has 2 aliphatic heterocycles. The summed E-state index contributed by atoms with van der Waals surface area (Å²) < 4.78 is 44.1. The van der Waals surface area contributed by atoms with E-state index in [-0.39, 0.29) is 49.5 Å². The zero-order chi connectivity index (χ0) is 26.3. The molecular formula is C20H25ClF3N5O6. The summed E-state index contributed by atoms with van der Waals surface area (Å²) >= 11 is 6.09. The lowest BCUT2D eigenvalue weighted by atomic mass is 9.99. The Bertz CT molecular complexity index is 1030. The summed E-state index contributed by atoms with van der Waals surface area (Å²) in [6, 6.07) is -0.785. The maximum absolute atomic E-state index is 12.9. The van der Waals surface area contributed by atoms with Gasteiger partial charge in [-0.3, -0.25) is 14.9 Å². The minimum absolute atomic E-state index is 0.00529. The Morgan fingerprint density at radius 1 is 1.23 bits per heavy atom. The van der Waals surface area contributed by atoms with Crippen LogP contribution in [0.25, 0.3) is 0 Å². The number of fused-ring (bicyclic) bond motifs is 1. The number of alkyl halides is 3. The lowest BCUT2D eigenvalue weighted by molar-refractivity contribution is -0.384. The molecule has 0 bridgehead atoms. The SMILES string of the molecule is CC(C)(C)OC(=O)N1CCN(c2c3c(nc(Cl)c2[N+](=O)[O-])CN(C(=O)C(F)(F)F)CC3)C(CO)C1. The van der Waals surface area contributed by atoms with Crippen LogP contribution in [0.3, 0.4) is 0 Å². The highest BCUT2D eigenvalue weighted by Crippen LogP contribution is 2.42. The van der Waals surface area contributed by atoms with Crippen molar-refractivity contribution in [1.29, 1.82) is 0 Å². The molecule has 0 saturated carbocycles. The molecule has 1 aromatic rings. The van der Waals surface area contributed by atoms with Gasteiger partial charge >= 0.3 is 23.9 Å². The number of hydrogen-bond acceptors (Lipinski definition) is 8. The van der Waals surface area contributed by atoms with Gasteiger partial charge in [0.25, 0.3) is 0 Å². The molecule has 1 atom stereocenters. The molecule has 194 valence electrons. The van der Waals surface area contributed by atoms with E-state index in [4.69, 9.17) is 16.3 Å². The summed E-state index contributed by atoms with van der Waals surface area (Å²) in [7, 11) is 0. The summed E-state index contributed by atoms with van der Waals surface area (Å²) in [6.45, 7) is 3.91. The maximum atomic E-state index is 12.9. The zero-order valence-corrected chi connectivity index (χ0v) is 20.0. The van der Waals surface area contributed by atoms with Gasteiger partial charge in [-0.05, 0) is 27.2 Å². The van der Waals surface area contributed by atoms with E-state index < -0.39 is 58.7 Å². The Hall–Kier alpha value is -2.87. The monoisotopic (exact) mass is 523 g/mol. The Balaban J connectivity index is 1.98. The minimum Gasteiger partial charge on any atom is -0.444 e. The van der Waals surface area contributed by atoms with Gasteiger partial charge in [-0.15, -0.1) is 0 Å². The molecular weight excluding hydrogens is 499 g/mol. The Kier molecular flexibility index (Phi) is 7.37. The minimum atomic E-state index is -5.08. The number of amides is 2. The number of aromatic nitrogens is 1. The van der Waals surface area contributed by atoms with Crippen LogP contribution >= 0.6 is 11.6 Å². The molecule has 15 heteroatoms. The van der Waals surface area contributed by atoms with E-state index in [0.29, 0.717) is 4.90 Å². The average Bonchev–Trinajstić information content (AvgIpc) is 2.74. The highest BCUT2D eigenvalue weighted by Gasteiger charge is 2.45. The summed E-state index contributed by atoms with van der Waals surface area (Å²) in [5.41, 5.74) is -1.00. The number of anilines is 1. The van der Waals surface area contributed by atoms with Crippen LogP contribution in [0.15, 0.2) is 0 Å². The molecule has 0 aliphatic carbocycles. The Morgan fingerprint density at radius 2 is 1.89 bits per heavy atom. The number of pyridine rings is 1. The molecule has 0 aromatic carbocycles. The first kappa shape index (κ1) is 26.7. The molecule has 0 spiro atoms. The van der Waals surface area contributed by atoms with E-state index in [1.54, 1.807) is 20.8 Å². The number of halogens is 4. The van der Waals surface area contributed by atoms with E-state index in [2.05, 4.69) is 4.98 Å². The Labute approximate surface area is 203 Å². The highest BCUT2D eigenvalue weighted by molar-refractivity contribution is 6.32. The lowest BCUT2D eigenvalue weighted by Crippen LogP contribution is -2.57. The number of hydrogen-bond donors (Lipinski definition) is 1. The first-order chi connectivity index (χ1) is 16.1.